The number of nitrogens with zero attached hydrogens (tertiary/aromatic N) is 2. The van der Waals surface area contributed by atoms with Crippen LogP contribution in [0.15, 0.2) is 48.7 Å². The highest BCUT2D eigenvalue weighted by Gasteiger charge is 2.41. The topological polar surface area (TPSA) is 57.3 Å². The average Bonchev–Trinajstić information content (AvgIpc) is 2.70. The van der Waals surface area contributed by atoms with E-state index in [0.717, 1.165) is 55.8 Å². The van der Waals surface area contributed by atoms with E-state index < -0.39 is 5.41 Å². The van der Waals surface area contributed by atoms with Gasteiger partial charge in [-0.15, -0.1) is 0 Å². The molecule has 0 bridgehead atoms. The van der Waals surface area contributed by atoms with Crippen LogP contribution in [0, 0.1) is 6.92 Å². The minimum atomic E-state index is -0.403. The number of nitrogens with one attached hydrogen (secondary N) is 2. The maximum Gasteiger partial charge on any atom is 0.230 e. The Labute approximate surface area is 162 Å². The molecule has 3 rings (SSSR count). The van der Waals surface area contributed by atoms with Gasteiger partial charge in [0.15, 0.2) is 0 Å². The van der Waals surface area contributed by atoms with Crippen molar-refractivity contribution in [2.75, 3.05) is 38.5 Å². The van der Waals surface area contributed by atoms with Crippen molar-refractivity contribution < 1.29 is 4.79 Å². The van der Waals surface area contributed by atoms with Crippen molar-refractivity contribution in [3.8, 4) is 0 Å². The lowest BCUT2D eigenvalue weighted by atomic mass is 9.72. The lowest BCUT2D eigenvalue weighted by Crippen LogP contribution is -2.51. The van der Waals surface area contributed by atoms with Crippen molar-refractivity contribution in [2.45, 2.75) is 31.6 Å². The summed E-state index contributed by atoms with van der Waals surface area (Å²) in [6, 6.07) is 14.3. The maximum absolute atomic E-state index is 13.1. The van der Waals surface area contributed by atoms with Gasteiger partial charge in [-0.25, -0.2) is 4.98 Å². The highest BCUT2D eigenvalue weighted by Crippen LogP contribution is 2.35. The third-order valence-electron chi connectivity index (χ3n) is 5.46. The van der Waals surface area contributed by atoms with E-state index in [1.54, 1.807) is 0 Å². The highest BCUT2D eigenvalue weighted by atomic mass is 16.2. The fourth-order valence-electron chi connectivity index (χ4n) is 3.65. The van der Waals surface area contributed by atoms with Crippen LogP contribution >= 0.6 is 0 Å². The van der Waals surface area contributed by atoms with Crippen molar-refractivity contribution in [1.82, 2.24) is 15.2 Å². The van der Waals surface area contributed by atoms with E-state index in [1.165, 1.54) is 0 Å². The normalized spacial score (nSPS) is 16.7. The first-order valence-corrected chi connectivity index (χ1v) is 9.79. The maximum atomic E-state index is 13.1. The third-order valence-corrected chi connectivity index (χ3v) is 5.46. The SMILES string of the molecule is Cc1ccc(NCCCNC(=O)C2(c3ccccc3)CCN(C)CC2)nc1. The predicted octanol–water partition coefficient (Wildman–Crippen LogP) is 2.97. The average molecular weight is 367 g/mol. The van der Waals surface area contributed by atoms with Gasteiger partial charge in [0, 0.05) is 19.3 Å². The molecule has 0 saturated carbocycles. The summed E-state index contributed by atoms with van der Waals surface area (Å²) < 4.78 is 0. The van der Waals surface area contributed by atoms with Gasteiger partial charge < -0.3 is 15.5 Å². The first-order chi connectivity index (χ1) is 13.1. The summed E-state index contributed by atoms with van der Waals surface area (Å²) in [7, 11) is 2.12. The van der Waals surface area contributed by atoms with Crippen LogP contribution < -0.4 is 10.6 Å². The second-order valence-electron chi connectivity index (χ2n) is 7.51. The zero-order chi connectivity index (χ0) is 19.1. The molecule has 27 heavy (non-hydrogen) atoms. The number of pyridine rings is 1. The smallest absolute Gasteiger partial charge is 0.230 e. The number of hydrogen-bond acceptors (Lipinski definition) is 4. The summed E-state index contributed by atoms with van der Waals surface area (Å²) in [5, 5.41) is 6.49. The minimum Gasteiger partial charge on any atom is -0.370 e. The largest absolute Gasteiger partial charge is 0.370 e. The van der Waals surface area contributed by atoms with Crippen molar-refractivity contribution in [3.63, 3.8) is 0 Å². The molecule has 1 aromatic heterocycles. The van der Waals surface area contributed by atoms with Gasteiger partial charge in [0.1, 0.15) is 5.82 Å². The molecule has 0 spiro atoms. The van der Waals surface area contributed by atoms with Crippen LogP contribution in [0.2, 0.25) is 0 Å². The summed E-state index contributed by atoms with van der Waals surface area (Å²) in [6.07, 6.45) is 4.45. The van der Waals surface area contributed by atoms with E-state index in [9.17, 15) is 4.79 Å². The molecule has 0 atom stereocenters. The Morgan fingerprint density at radius 3 is 2.52 bits per heavy atom. The lowest BCUT2D eigenvalue weighted by Gasteiger charge is -2.39. The van der Waals surface area contributed by atoms with Crippen molar-refractivity contribution >= 4 is 11.7 Å². The van der Waals surface area contributed by atoms with Crippen LogP contribution in [-0.2, 0) is 10.2 Å². The molecule has 2 aromatic rings. The van der Waals surface area contributed by atoms with E-state index in [4.69, 9.17) is 0 Å². The van der Waals surface area contributed by atoms with E-state index in [2.05, 4.69) is 39.7 Å². The molecule has 5 nitrogen and oxygen atoms in total. The number of carbonyl (C=O) groups excluding carboxylic acids is 1. The molecule has 1 fully saturated rings. The highest BCUT2D eigenvalue weighted by molar-refractivity contribution is 5.88. The van der Waals surface area contributed by atoms with Crippen molar-refractivity contribution in [2.24, 2.45) is 0 Å². The number of rotatable bonds is 7. The third kappa shape index (κ3) is 4.86. The molecule has 1 saturated heterocycles. The molecule has 0 radical (unpaired) electrons. The van der Waals surface area contributed by atoms with Crippen LogP contribution in [-0.4, -0.2) is 49.0 Å². The molecule has 5 heteroatoms. The summed E-state index contributed by atoms with van der Waals surface area (Å²) in [6.45, 7) is 5.38. The van der Waals surface area contributed by atoms with Gasteiger partial charge in [-0.1, -0.05) is 36.4 Å². The van der Waals surface area contributed by atoms with Crippen LogP contribution in [0.4, 0.5) is 5.82 Å². The first kappa shape index (κ1) is 19.4. The molecule has 144 valence electrons. The van der Waals surface area contributed by atoms with Crippen LogP contribution in [0.25, 0.3) is 0 Å². The molecule has 2 N–H and O–H groups in total. The number of amides is 1. The number of piperidine rings is 1. The Morgan fingerprint density at radius 2 is 1.85 bits per heavy atom. The minimum absolute atomic E-state index is 0.162. The second-order valence-corrected chi connectivity index (χ2v) is 7.51. The number of benzene rings is 1. The molecular formula is C22H30N4O. The molecule has 2 heterocycles. The molecule has 0 aliphatic carbocycles. The fraction of sp³-hybridized carbons (Fsp3) is 0.455. The lowest BCUT2D eigenvalue weighted by molar-refractivity contribution is -0.128. The number of hydrogen-bond donors (Lipinski definition) is 2. The fourth-order valence-corrected chi connectivity index (χ4v) is 3.65. The Hall–Kier alpha value is -2.40. The van der Waals surface area contributed by atoms with E-state index in [0.29, 0.717) is 6.54 Å². The van der Waals surface area contributed by atoms with E-state index in [-0.39, 0.29) is 5.91 Å². The van der Waals surface area contributed by atoms with E-state index >= 15 is 0 Å². The van der Waals surface area contributed by atoms with Gasteiger partial charge in [0.05, 0.1) is 5.41 Å². The second kappa shape index (κ2) is 9.00. The van der Waals surface area contributed by atoms with Gasteiger partial charge in [-0.2, -0.15) is 0 Å². The van der Waals surface area contributed by atoms with Crippen LogP contribution in [0.5, 0.6) is 0 Å². The summed E-state index contributed by atoms with van der Waals surface area (Å²) in [4.78, 5) is 19.8. The Bertz CT molecular complexity index is 722. The molecular weight excluding hydrogens is 336 g/mol. The number of likely N-dealkylation sites (tertiary alicyclic amines) is 1. The van der Waals surface area contributed by atoms with Gasteiger partial charge >= 0.3 is 0 Å². The number of aryl methyl sites for hydroxylation is 1. The summed E-state index contributed by atoms with van der Waals surface area (Å²) in [5.74, 6) is 1.04. The number of aromatic nitrogens is 1. The van der Waals surface area contributed by atoms with Crippen molar-refractivity contribution in [1.29, 1.82) is 0 Å². The summed E-state index contributed by atoms with van der Waals surface area (Å²) >= 11 is 0. The molecule has 1 aromatic carbocycles. The standard InChI is InChI=1S/C22H30N4O/c1-18-9-10-20(25-17-18)23-13-6-14-24-21(27)22(11-15-26(2)16-12-22)19-7-4-3-5-8-19/h3-5,7-10,17H,6,11-16H2,1-2H3,(H,23,25)(H,24,27). The van der Waals surface area contributed by atoms with Crippen molar-refractivity contribution in [3.05, 3.63) is 59.8 Å². The van der Waals surface area contributed by atoms with Gasteiger partial charge in [0.2, 0.25) is 5.91 Å². The monoisotopic (exact) mass is 366 g/mol. The zero-order valence-corrected chi connectivity index (χ0v) is 16.4. The van der Waals surface area contributed by atoms with Gasteiger partial charge in [-0.3, -0.25) is 4.79 Å². The van der Waals surface area contributed by atoms with Crippen LogP contribution in [0.3, 0.4) is 0 Å². The Morgan fingerprint density at radius 1 is 1.11 bits per heavy atom. The molecule has 1 amide bonds. The predicted molar refractivity (Wildman–Crippen MR) is 110 cm³/mol. The quantitative estimate of drug-likeness (QED) is 0.740. The van der Waals surface area contributed by atoms with E-state index in [1.807, 2.05) is 43.5 Å². The summed E-state index contributed by atoms with van der Waals surface area (Å²) in [5.41, 5.74) is 1.88. The zero-order valence-electron chi connectivity index (χ0n) is 16.4. The molecule has 0 unspecified atom stereocenters. The Kier molecular flexibility index (Phi) is 6.45. The van der Waals surface area contributed by atoms with Gasteiger partial charge in [0.25, 0.3) is 0 Å². The molecule has 1 aliphatic rings. The Balaban J connectivity index is 1.53. The first-order valence-electron chi connectivity index (χ1n) is 9.79. The number of carbonyl (C=O) groups is 1. The van der Waals surface area contributed by atoms with Crippen LogP contribution in [0.1, 0.15) is 30.4 Å². The van der Waals surface area contributed by atoms with Gasteiger partial charge in [-0.05, 0) is 63.5 Å². The number of anilines is 1. The molecule has 1 aliphatic heterocycles.